The van der Waals surface area contributed by atoms with Crippen LogP contribution in [0, 0.1) is 15.5 Å². The third kappa shape index (κ3) is 5.87. The van der Waals surface area contributed by atoms with Gasteiger partial charge in [0.05, 0.1) is 5.41 Å². The maximum atomic E-state index is 12.4. The number of hydrogen-bond acceptors (Lipinski definition) is 5. The fourth-order valence-corrected chi connectivity index (χ4v) is 2.46. The molecule has 0 N–H and O–H groups in total. The number of hydrogen-bond donors (Lipinski definition) is 0. The van der Waals surface area contributed by atoms with Gasteiger partial charge in [0.25, 0.3) is 5.09 Å². The van der Waals surface area contributed by atoms with Crippen LogP contribution in [-0.2, 0) is 9.63 Å². The second-order valence-corrected chi connectivity index (χ2v) is 6.22. The van der Waals surface area contributed by atoms with Gasteiger partial charge in [-0.15, -0.1) is 10.1 Å². The average Bonchev–Trinajstić information content (AvgIpc) is 2.45. The van der Waals surface area contributed by atoms with Crippen LogP contribution < -0.4 is 0 Å². The lowest BCUT2D eigenvalue weighted by Gasteiger charge is -2.38. The molecule has 0 spiro atoms. The summed E-state index contributed by atoms with van der Waals surface area (Å²) in [5.41, 5.74) is -0.864. The van der Waals surface area contributed by atoms with Crippen molar-refractivity contribution in [3.8, 4) is 0 Å². The molecule has 1 aliphatic rings. The van der Waals surface area contributed by atoms with Gasteiger partial charge in [0.15, 0.2) is 0 Å². The van der Waals surface area contributed by atoms with Crippen molar-refractivity contribution in [3.05, 3.63) is 10.1 Å². The summed E-state index contributed by atoms with van der Waals surface area (Å²) in [5.74, 6) is -0.0717. The van der Waals surface area contributed by atoms with Crippen LogP contribution in [0.1, 0.15) is 40.0 Å². The summed E-state index contributed by atoms with van der Waals surface area (Å²) >= 11 is 0. The number of amides is 1. The van der Waals surface area contributed by atoms with Crippen LogP contribution in [0.2, 0.25) is 0 Å². The maximum Gasteiger partial charge on any atom is 0.294 e. The summed E-state index contributed by atoms with van der Waals surface area (Å²) in [6.07, 6.45) is 3.65. The molecule has 0 atom stereocenters. The lowest BCUT2D eigenvalue weighted by atomic mass is 9.92. The molecule has 21 heavy (non-hydrogen) atoms. The average molecular weight is 301 g/mol. The highest BCUT2D eigenvalue weighted by molar-refractivity contribution is 5.82. The molecule has 0 saturated carbocycles. The molecular weight excluding hydrogens is 274 g/mol. The molecule has 0 unspecified atom stereocenters. The second-order valence-electron chi connectivity index (χ2n) is 6.22. The van der Waals surface area contributed by atoms with Gasteiger partial charge < -0.3 is 9.74 Å². The molecule has 0 aliphatic carbocycles. The van der Waals surface area contributed by atoms with Crippen molar-refractivity contribution in [2.24, 2.45) is 5.41 Å². The van der Waals surface area contributed by atoms with Gasteiger partial charge in [-0.1, -0.05) is 19.8 Å². The zero-order chi connectivity index (χ0) is 15.9. The van der Waals surface area contributed by atoms with Crippen LogP contribution in [0.15, 0.2) is 0 Å². The first-order valence-corrected chi connectivity index (χ1v) is 7.66. The zero-order valence-corrected chi connectivity index (χ0v) is 13.3. The van der Waals surface area contributed by atoms with Crippen LogP contribution in [0.3, 0.4) is 0 Å². The summed E-state index contributed by atoms with van der Waals surface area (Å²) in [6, 6.07) is 0. The van der Waals surface area contributed by atoms with Crippen LogP contribution in [0.5, 0.6) is 0 Å². The molecular formula is C14H27N3O4. The van der Waals surface area contributed by atoms with Crippen LogP contribution in [0.25, 0.3) is 0 Å². The van der Waals surface area contributed by atoms with E-state index in [0.717, 1.165) is 19.6 Å². The van der Waals surface area contributed by atoms with Crippen molar-refractivity contribution < 1.29 is 14.7 Å². The molecule has 1 rings (SSSR count). The van der Waals surface area contributed by atoms with Gasteiger partial charge in [0.1, 0.15) is 6.61 Å². The van der Waals surface area contributed by atoms with E-state index in [-0.39, 0.29) is 12.5 Å². The summed E-state index contributed by atoms with van der Waals surface area (Å²) in [6.45, 7) is 9.58. The first-order chi connectivity index (χ1) is 9.86. The molecule has 1 heterocycles. The van der Waals surface area contributed by atoms with Crippen molar-refractivity contribution in [2.45, 2.75) is 40.0 Å². The molecule has 0 aromatic heterocycles. The molecule has 0 bridgehead atoms. The molecule has 0 aromatic carbocycles. The van der Waals surface area contributed by atoms with E-state index < -0.39 is 10.5 Å². The number of carbonyl (C=O) groups is 1. The monoisotopic (exact) mass is 301 g/mol. The standard InChI is InChI=1S/C14H27N3O4/c1-4-5-6-7-15-8-10-16(11-9-15)13(18)14(2,3)12-21-17(19)20/h4-12H2,1-3H3. The predicted molar refractivity (Wildman–Crippen MR) is 79.3 cm³/mol. The minimum absolute atomic E-state index is 0.0717. The number of carbonyl (C=O) groups excluding carboxylic acids is 1. The highest BCUT2D eigenvalue weighted by Crippen LogP contribution is 2.20. The highest BCUT2D eigenvalue weighted by atomic mass is 16.9. The van der Waals surface area contributed by atoms with E-state index >= 15 is 0 Å². The molecule has 122 valence electrons. The Bertz CT molecular complexity index is 352. The summed E-state index contributed by atoms with van der Waals surface area (Å²) in [5, 5.41) is 9.42. The normalized spacial score (nSPS) is 16.8. The first kappa shape index (κ1) is 17.7. The number of unbranched alkanes of at least 4 members (excludes halogenated alkanes) is 2. The van der Waals surface area contributed by atoms with Gasteiger partial charge in [0, 0.05) is 26.2 Å². The van der Waals surface area contributed by atoms with Crippen LogP contribution >= 0.6 is 0 Å². The maximum absolute atomic E-state index is 12.4. The molecule has 7 heteroatoms. The van der Waals surface area contributed by atoms with Crippen LogP contribution in [0.4, 0.5) is 0 Å². The Hall–Kier alpha value is -1.37. The first-order valence-electron chi connectivity index (χ1n) is 7.66. The summed E-state index contributed by atoms with van der Waals surface area (Å²) < 4.78 is 0. The van der Waals surface area contributed by atoms with E-state index in [1.807, 2.05) is 0 Å². The Morgan fingerprint density at radius 1 is 1.24 bits per heavy atom. The fourth-order valence-electron chi connectivity index (χ4n) is 2.46. The Balaban J connectivity index is 2.38. The minimum Gasteiger partial charge on any atom is -0.340 e. The number of piperazine rings is 1. The lowest BCUT2D eigenvalue weighted by molar-refractivity contribution is -0.760. The van der Waals surface area contributed by atoms with E-state index in [0.29, 0.717) is 13.1 Å². The SMILES string of the molecule is CCCCCN1CCN(C(=O)C(C)(C)CO[N+](=O)[O-])CC1. The van der Waals surface area contributed by atoms with Gasteiger partial charge in [-0.05, 0) is 26.8 Å². The second kappa shape index (κ2) is 8.17. The Labute approximate surface area is 126 Å². The van der Waals surface area contributed by atoms with Crippen molar-refractivity contribution >= 4 is 5.91 Å². The molecule has 0 aromatic rings. The molecule has 0 radical (unpaired) electrons. The zero-order valence-electron chi connectivity index (χ0n) is 13.3. The topological polar surface area (TPSA) is 75.9 Å². The number of nitrogens with zero attached hydrogens (tertiary/aromatic N) is 3. The molecule has 1 fully saturated rings. The van der Waals surface area contributed by atoms with Gasteiger partial charge in [0.2, 0.25) is 5.91 Å². The van der Waals surface area contributed by atoms with E-state index in [4.69, 9.17) is 0 Å². The molecule has 1 amide bonds. The number of rotatable bonds is 8. The summed E-state index contributed by atoms with van der Waals surface area (Å²) in [7, 11) is 0. The summed E-state index contributed by atoms with van der Waals surface area (Å²) in [4.78, 5) is 31.2. The largest absolute Gasteiger partial charge is 0.340 e. The van der Waals surface area contributed by atoms with Crippen molar-refractivity contribution in [1.29, 1.82) is 0 Å². The Morgan fingerprint density at radius 3 is 2.38 bits per heavy atom. The third-order valence-electron chi connectivity index (χ3n) is 3.85. The van der Waals surface area contributed by atoms with E-state index in [1.54, 1.807) is 18.7 Å². The van der Waals surface area contributed by atoms with Crippen molar-refractivity contribution in [1.82, 2.24) is 9.80 Å². The van der Waals surface area contributed by atoms with E-state index in [1.165, 1.54) is 19.3 Å². The van der Waals surface area contributed by atoms with Crippen LogP contribution in [-0.4, -0.2) is 60.1 Å². The van der Waals surface area contributed by atoms with E-state index in [2.05, 4.69) is 16.7 Å². The predicted octanol–water partition coefficient (Wildman–Crippen LogP) is 1.56. The molecule has 7 nitrogen and oxygen atoms in total. The Kier molecular flexibility index (Phi) is 6.87. The molecule has 1 aliphatic heterocycles. The molecule has 1 saturated heterocycles. The van der Waals surface area contributed by atoms with Gasteiger partial charge in [-0.2, -0.15) is 0 Å². The van der Waals surface area contributed by atoms with Gasteiger partial charge >= 0.3 is 0 Å². The van der Waals surface area contributed by atoms with Crippen molar-refractivity contribution in [3.63, 3.8) is 0 Å². The Morgan fingerprint density at radius 2 is 1.86 bits per heavy atom. The van der Waals surface area contributed by atoms with Gasteiger partial charge in [-0.25, -0.2) is 0 Å². The van der Waals surface area contributed by atoms with E-state index in [9.17, 15) is 14.9 Å². The minimum atomic E-state index is -0.864. The fraction of sp³-hybridized carbons (Fsp3) is 0.929. The lowest BCUT2D eigenvalue weighted by Crippen LogP contribution is -2.53. The highest BCUT2D eigenvalue weighted by Gasteiger charge is 2.34. The third-order valence-corrected chi connectivity index (χ3v) is 3.85. The smallest absolute Gasteiger partial charge is 0.294 e. The van der Waals surface area contributed by atoms with Gasteiger partial charge in [-0.3, -0.25) is 9.69 Å². The quantitative estimate of drug-likeness (QED) is 0.386. The van der Waals surface area contributed by atoms with Crippen molar-refractivity contribution in [2.75, 3.05) is 39.3 Å².